The van der Waals surface area contributed by atoms with E-state index in [0.717, 1.165) is 55.9 Å². The molecule has 1 aromatic heterocycles. The standard InChI is InChI=1S/C42H49FN4O4/c1-40-16-12-29(48)26-28(40)9-10-32-34(40)13-17-41(2)35(32)14-18-42(41,51)15-5-19-46-20-22-47(23-21-46)39(50)33-24-27(8-11-36(33)43)25-37-30-6-3-4-7-31(30)38(49)45-44-37/h3-4,6-8,11,24,28,32,34-35,51H,9-10,12-14,16-23,25-26H2,1-2H3,(H,45,49)/t28-,32?,34-,35-,40-,41-,42-/m0/s1. The average molecular weight is 693 g/mol. The van der Waals surface area contributed by atoms with Gasteiger partial charge >= 0.3 is 0 Å². The fourth-order valence-corrected chi connectivity index (χ4v) is 11.2. The fourth-order valence-electron chi connectivity index (χ4n) is 11.2. The number of aromatic amines is 1. The van der Waals surface area contributed by atoms with Crippen LogP contribution < -0.4 is 5.56 Å². The Morgan fingerprint density at radius 1 is 0.980 bits per heavy atom. The molecular weight excluding hydrogens is 643 g/mol. The van der Waals surface area contributed by atoms with E-state index in [-0.39, 0.29) is 27.9 Å². The Hall–Kier alpha value is -3.87. The van der Waals surface area contributed by atoms with Gasteiger partial charge in [-0.1, -0.05) is 50.0 Å². The highest BCUT2D eigenvalue weighted by Crippen LogP contribution is 2.68. The van der Waals surface area contributed by atoms with Gasteiger partial charge in [0.2, 0.25) is 0 Å². The number of benzene rings is 2. The number of carbonyl (C=O) groups is 2. The number of nitrogens with one attached hydrogen (secondary N) is 1. The molecule has 1 aliphatic heterocycles. The monoisotopic (exact) mass is 692 g/mol. The van der Waals surface area contributed by atoms with E-state index in [9.17, 15) is 19.5 Å². The Kier molecular flexibility index (Phi) is 8.70. The number of aromatic nitrogens is 2. The first kappa shape index (κ1) is 34.2. The number of H-pyrrole nitrogens is 1. The van der Waals surface area contributed by atoms with E-state index in [4.69, 9.17) is 0 Å². The van der Waals surface area contributed by atoms with E-state index in [1.807, 2.05) is 12.1 Å². The van der Waals surface area contributed by atoms with E-state index in [1.165, 1.54) is 12.5 Å². The zero-order valence-corrected chi connectivity index (χ0v) is 29.8. The molecule has 51 heavy (non-hydrogen) atoms. The van der Waals surface area contributed by atoms with Crippen molar-refractivity contribution in [1.29, 1.82) is 0 Å². The summed E-state index contributed by atoms with van der Waals surface area (Å²) in [7, 11) is 0. The van der Waals surface area contributed by atoms with Crippen molar-refractivity contribution in [2.45, 2.75) is 83.7 Å². The maximum absolute atomic E-state index is 15.0. The molecule has 4 aliphatic carbocycles. The third-order valence-electron chi connectivity index (χ3n) is 14.3. The molecule has 3 aromatic rings. The quantitative estimate of drug-likeness (QED) is 0.337. The molecule has 2 heterocycles. The van der Waals surface area contributed by atoms with Crippen LogP contribution in [0.15, 0.2) is 47.3 Å². The van der Waals surface area contributed by atoms with Crippen LogP contribution in [0.1, 0.15) is 93.3 Å². The number of rotatable bonds is 4. The van der Waals surface area contributed by atoms with Gasteiger partial charge in [0.05, 0.1) is 23.2 Å². The molecule has 268 valence electrons. The van der Waals surface area contributed by atoms with Gasteiger partial charge in [-0.3, -0.25) is 19.3 Å². The number of nitrogens with zero attached hydrogens (tertiary/aromatic N) is 3. The summed E-state index contributed by atoms with van der Waals surface area (Å²) in [6.07, 6.45) is 9.00. The van der Waals surface area contributed by atoms with Crippen LogP contribution in [-0.2, 0) is 11.2 Å². The fraction of sp³-hybridized carbons (Fsp3) is 0.571. The molecule has 0 spiro atoms. The number of amides is 1. The maximum Gasteiger partial charge on any atom is 0.272 e. The van der Waals surface area contributed by atoms with Crippen molar-refractivity contribution >= 4 is 22.5 Å². The Labute approximate surface area is 299 Å². The second-order valence-corrected chi connectivity index (χ2v) is 16.7. The van der Waals surface area contributed by atoms with Gasteiger partial charge in [0.15, 0.2) is 0 Å². The predicted octanol–water partition coefficient (Wildman–Crippen LogP) is 5.76. The summed E-state index contributed by atoms with van der Waals surface area (Å²) in [4.78, 5) is 41.9. The molecular formula is C42H49FN4O4. The van der Waals surface area contributed by atoms with Crippen LogP contribution in [0.4, 0.5) is 4.39 Å². The molecule has 9 heteroatoms. The van der Waals surface area contributed by atoms with Gasteiger partial charge in [-0.15, -0.1) is 0 Å². The summed E-state index contributed by atoms with van der Waals surface area (Å²) in [6.45, 7) is 7.45. The van der Waals surface area contributed by atoms with Crippen LogP contribution in [-0.4, -0.2) is 75.1 Å². The zero-order chi connectivity index (χ0) is 35.5. The lowest BCUT2D eigenvalue weighted by Crippen LogP contribution is -2.56. The second kappa shape index (κ2) is 13.0. The highest BCUT2D eigenvalue weighted by atomic mass is 19.1. The van der Waals surface area contributed by atoms with Crippen molar-refractivity contribution in [3.8, 4) is 11.8 Å². The molecule has 2 N–H and O–H groups in total. The van der Waals surface area contributed by atoms with Crippen molar-refractivity contribution in [2.75, 3.05) is 32.7 Å². The Morgan fingerprint density at radius 3 is 2.55 bits per heavy atom. The third-order valence-corrected chi connectivity index (χ3v) is 14.3. The van der Waals surface area contributed by atoms with Gasteiger partial charge in [-0.2, -0.15) is 5.10 Å². The molecule has 7 atom stereocenters. The van der Waals surface area contributed by atoms with E-state index < -0.39 is 11.4 Å². The molecule has 0 radical (unpaired) electrons. The van der Waals surface area contributed by atoms with Crippen molar-refractivity contribution < 1.29 is 19.1 Å². The maximum atomic E-state index is 15.0. The van der Waals surface area contributed by atoms with Crippen molar-refractivity contribution in [2.24, 2.45) is 34.5 Å². The molecule has 1 saturated heterocycles. The molecule has 2 aromatic carbocycles. The molecule has 1 amide bonds. The topological polar surface area (TPSA) is 107 Å². The summed E-state index contributed by atoms with van der Waals surface area (Å²) in [5.41, 5.74) is 0.194. The molecule has 8 nitrogen and oxygen atoms in total. The minimum atomic E-state index is -1.000. The Morgan fingerprint density at radius 2 is 1.75 bits per heavy atom. The van der Waals surface area contributed by atoms with Crippen molar-refractivity contribution in [1.82, 2.24) is 20.0 Å². The first-order valence-corrected chi connectivity index (χ1v) is 19.0. The summed E-state index contributed by atoms with van der Waals surface area (Å²) >= 11 is 0. The molecule has 8 rings (SSSR count). The highest BCUT2D eigenvalue weighted by Gasteiger charge is 2.64. The van der Waals surface area contributed by atoms with Crippen LogP contribution in [0.3, 0.4) is 0 Å². The van der Waals surface area contributed by atoms with Gasteiger partial charge in [0, 0.05) is 56.2 Å². The number of ketones is 1. The molecule has 1 unspecified atom stereocenters. The minimum Gasteiger partial charge on any atom is -0.377 e. The van der Waals surface area contributed by atoms with Crippen LogP contribution in [0.2, 0.25) is 0 Å². The summed E-state index contributed by atoms with van der Waals surface area (Å²) in [5.74, 6) is 8.52. The summed E-state index contributed by atoms with van der Waals surface area (Å²) in [6, 6.07) is 11.8. The Bertz CT molecular complexity index is 1990. The average Bonchev–Trinajstić information content (AvgIpc) is 3.40. The van der Waals surface area contributed by atoms with Gasteiger partial charge in [0.1, 0.15) is 17.2 Å². The largest absolute Gasteiger partial charge is 0.377 e. The van der Waals surface area contributed by atoms with Crippen LogP contribution in [0.25, 0.3) is 10.8 Å². The lowest BCUT2D eigenvalue weighted by molar-refractivity contribution is -0.147. The second-order valence-electron chi connectivity index (χ2n) is 16.7. The third kappa shape index (κ3) is 5.83. The number of halogens is 1. The number of carbonyl (C=O) groups excluding carboxylic acids is 2. The van der Waals surface area contributed by atoms with Crippen LogP contribution in [0, 0.1) is 52.2 Å². The van der Waals surface area contributed by atoms with E-state index in [0.29, 0.717) is 86.1 Å². The van der Waals surface area contributed by atoms with Crippen LogP contribution >= 0.6 is 0 Å². The number of hydrogen-bond acceptors (Lipinski definition) is 6. The van der Waals surface area contributed by atoms with E-state index in [2.05, 4.69) is 40.8 Å². The van der Waals surface area contributed by atoms with Crippen molar-refractivity contribution in [3.05, 3.63) is 75.5 Å². The first-order valence-electron chi connectivity index (χ1n) is 19.0. The lowest BCUT2D eigenvalue weighted by Gasteiger charge is -2.60. The van der Waals surface area contributed by atoms with Crippen LogP contribution in [0.5, 0.6) is 0 Å². The Balaban J connectivity index is 0.888. The normalized spacial score (nSPS) is 33.6. The van der Waals surface area contributed by atoms with E-state index in [1.54, 1.807) is 29.2 Å². The highest BCUT2D eigenvalue weighted by molar-refractivity contribution is 5.95. The minimum absolute atomic E-state index is 0.0369. The van der Waals surface area contributed by atoms with Gasteiger partial charge < -0.3 is 10.0 Å². The first-order chi connectivity index (χ1) is 24.5. The van der Waals surface area contributed by atoms with Crippen molar-refractivity contribution in [3.63, 3.8) is 0 Å². The molecule has 4 saturated carbocycles. The number of Topliss-reactive ketones (excluding diaryl/α,β-unsaturated/α-hetero) is 1. The molecule has 5 aliphatic rings. The SMILES string of the molecule is C[C@]12CCC(=O)C[C@@H]1CCC1[C@@H]2CC[C@@]2(C)[C@H]1CC[C@@]2(O)C#CCN1CCN(C(=O)c2cc(Cc3n[nH]c(=O)c4ccccc34)ccc2F)CC1. The van der Waals surface area contributed by atoms with Gasteiger partial charge in [-0.25, -0.2) is 9.49 Å². The smallest absolute Gasteiger partial charge is 0.272 e. The van der Waals surface area contributed by atoms with Gasteiger partial charge in [-0.05, 0) is 97.8 Å². The zero-order valence-electron chi connectivity index (χ0n) is 29.8. The molecule has 5 fully saturated rings. The predicted molar refractivity (Wildman–Crippen MR) is 193 cm³/mol. The number of aliphatic hydroxyl groups is 1. The summed E-state index contributed by atoms with van der Waals surface area (Å²) in [5, 5.41) is 20.2. The van der Waals surface area contributed by atoms with E-state index >= 15 is 4.39 Å². The number of piperazine rings is 1. The van der Waals surface area contributed by atoms with Gasteiger partial charge in [0.25, 0.3) is 11.5 Å². The summed E-state index contributed by atoms with van der Waals surface area (Å²) < 4.78 is 15.0. The number of hydrogen-bond donors (Lipinski definition) is 2. The molecule has 0 bridgehead atoms. The lowest BCUT2D eigenvalue weighted by atomic mass is 9.44. The number of fused-ring (bicyclic) bond motifs is 6.